The molecular weight excluding hydrogens is 332 g/mol. The number of carbonyl (C=O) groups is 1. The van der Waals surface area contributed by atoms with Gasteiger partial charge in [-0.25, -0.2) is 0 Å². The van der Waals surface area contributed by atoms with Crippen molar-refractivity contribution in [2.24, 2.45) is 22.7 Å². The number of nitrogens with zero attached hydrogens (tertiary/aromatic N) is 2. The maximum atomic E-state index is 12.8. The Morgan fingerprint density at radius 3 is 2.78 bits per heavy atom. The van der Waals surface area contributed by atoms with E-state index < -0.39 is 0 Å². The van der Waals surface area contributed by atoms with Crippen molar-refractivity contribution in [2.45, 2.75) is 47.0 Å². The lowest BCUT2D eigenvalue weighted by Crippen LogP contribution is -2.33. The van der Waals surface area contributed by atoms with Gasteiger partial charge in [0.1, 0.15) is 0 Å². The molecule has 3 nitrogen and oxygen atoms in total. The average Bonchev–Trinajstić information content (AvgIpc) is 2.67. The van der Waals surface area contributed by atoms with Crippen LogP contribution < -0.4 is 0 Å². The van der Waals surface area contributed by atoms with E-state index in [1.54, 1.807) is 6.21 Å². The van der Waals surface area contributed by atoms with Crippen molar-refractivity contribution >= 4 is 12.1 Å². The zero-order chi connectivity index (χ0) is 20.2. The van der Waals surface area contributed by atoms with E-state index in [-0.39, 0.29) is 11.8 Å². The van der Waals surface area contributed by atoms with E-state index in [1.807, 2.05) is 30.9 Å². The van der Waals surface area contributed by atoms with Gasteiger partial charge < -0.3 is 4.90 Å². The van der Waals surface area contributed by atoms with Gasteiger partial charge in [0, 0.05) is 30.6 Å². The van der Waals surface area contributed by atoms with E-state index in [0.29, 0.717) is 18.4 Å². The summed E-state index contributed by atoms with van der Waals surface area (Å²) in [6, 6.07) is 0. The fourth-order valence-corrected chi connectivity index (χ4v) is 2.79. The Morgan fingerprint density at radius 1 is 1.44 bits per heavy atom. The first-order valence-electron chi connectivity index (χ1n) is 9.92. The number of carbonyl (C=O) groups excluding carboxylic acids is 1. The molecule has 0 aromatic rings. The number of hydrogen-bond acceptors (Lipinski definition) is 2. The molecule has 0 spiro atoms. The topological polar surface area (TPSA) is 32.7 Å². The molecule has 0 aliphatic heterocycles. The van der Waals surface area contributed by atoms with Crippen LogP contribution in [0.3, 0.4) is 0 Å². The van der Waals surface area contributed by atoms with Crippen molar-refractivity contribution in [3.05, 3.63) is 48.2 Å². The van der Waals surface area contributed by atoms with Gasteiger partial charge in [0.2, 0.25) is 0 Å². The van der Waals surface area contributed by atoms with Crippen molar-refractivity contribution in [2.75, 3.05) is 13.1 Å². The van der Waals surface area contributed by atoms with E-state index >= 15 is 0 Å². The standard InChI is InChI=1S/C24H34N2O/c1-7-10-12-23(25-18-19(4)8-2)13-11-16-26(9-3)24(27)22-15-14-20(5)21(6)17-22/h2,7,12,14-15,17-21H,1,9-11,13,16H2,3-6H3/b23-12-,25-18-. The third-order valence-electron chi connectivity index (χ3n) is 4.87. The highest BCUT2D eigenvalue weighted by Crippen LogP contribution is 2.23. The monoisotopic (exact) mass is 366 g/mol. The van der Waals surface area contributed by atoms with Gasteiger partial charge in [-0.2, -0.15) is 0 Å². The van der Waals surface area contributed by atoms with E-state index in [2.05, 4.69) is 49.6 Å². The van der Waals surface area contributed by atoms with Crippen LogP contribution in [-0.2, 0) is 4.79 Å². The van der Waals surface area contributed by atoms with Gasteiger partial charge in [0.05, 0.1) is 5.92 Å². The van der Waals surface area contributed by atoms with Gasteiger partial charge in [-0.1, -0.05) is 50.1 Å². The highest BCUT2D eigenvalue weighted by molar-refractivity contribution is 5.96. The van der Waals surface area contributed by atoms with Crippen LogP contribution in [0.4, 0.5) is 0 Å². The van der Waals surface area contributed by atoms with Crippen molar-refractivity contribution in [1.29, 1.82) is 0 Å². The zero-order valence-electron chi connectivity index (χ0n) is 17.3. The first kappa shape index (κ1) is 22.7. The molecule has 27 heavy (non-hydrogen) atoms. The fraction of sp³-hybridized carbons (Fsp3) is 0.500. The van der Waals surface area contributed by atoms with Crippen molar-refractivity contribution in [3.63, 3.8) is 0 Å². The second-order valence-corrected chi connectivity index (χ2v) is 7.14. The predicted octanol–water partition coefficient (Wildman–Crippen LogP) is 5.18. The summed E-state index contributed by atoms with van der Waals surface area (Å²) in [5, 5.41) is 0. The van der Waals surface area contributed by atoms with Gasteiger partial charge in [0.25, 0.3) is 5.91 Å². The molecule has 0 aromatic heterocycles. The fourth-order valence-electron chi connectivity index (χ4n) is 2.79. The molecule has 0 saturated heterocycles. The lowest BCUT2D eigenvalue weighted by Gasteiger charge is -2.25. The number of terminal acetylenes is 1. The molecule has 0 fully saturated rings. The summed E-state index contributed by atoms with van der Waals surface area (Å²) in [6.07, 6.45) is 19.8. The minimum atomic E-state index is 0.0141. The maximum absolute atomic E-state index is 12.8. The molecule has 0 saturated carbocycles. The second kappa shape index (κ2) is 12.1. The normalized spacial score (nSPS) is 20.9. The van der Waals surface area contributed by atoms with Crippen LogP contribution in [0.15, 0.2) is 53.2 Å². The number of rotatable bonds is 10. The molecule has 1 aliphatic rings. The summed E-state index contributed by atoms with van der Waals surface area (Å²) >= 11 is 0. The molecule has 146 valence electrons. The molecule has 0 heterocycles. The first-order chi connectivity index (χ1) is 12.9. The van der Waals surface area contributed by atoms with Crippen LogP contribution in [0.25, 0.3) is 0 Å². The lowest BCUT2D eigenvalue weighted by molar-refractivity contribution is -0.126. The van der Waals surface area contributed by atoms with Crippen LogP contribution in [0.1, 0.15) is 47.0 Å². The molecule has 0 bridgehead atoms. The molecule has 0 radical (unpaired) electrons. The molecular formula is C24H34N2O. The van der Waals surface area contributed by atoms with Gasteiger partial charge in [0.15, 0.2) is 0 Å². The quantitative estimate of drug-likeness (QED) is 0.298. The first-order valence-corrected chi connectivity index (χ1v) is 9.92. The summed E-state index contributed by atoms with van der Waals surface area (Å²) < 4.78 is 0. The number of aliphatic imine (C=N–C) groups is 1. The molecule has 3 unspecified atom stereocenters. The predicted molar refractivity (Wildman–Crippen MR) is 116 cm³/mol. The third-order valence-corrected chi connectivity index (χ3v) is 4.87. The second-order valence-electron chi connectivity index (χ2n) is 7.14. The van der Waals surface area contributed by atoms with E-state index in [0.717, 1.165) is 37.1 Å². The zero-order valence-corrected chi connectivity index (χ0v) is 17.3. The Bertz CT molecular complexity index is 660. The van der Waals surface area contributed by atoms with Crippen LogP contribution in [0, 0.1) is 30.1 Å². The average molecular weight is 367 g/mol. The highest BCUT2D eigenvalue weighted by Gasteiger charge is 2.20. The largest absolute Gasteiger partial charge is 0.339 e. The van der Waals surface area contributed by atoms with Gasteiger partial charge in [-0.3, -0.25) is 9.79 Å². The van der Waals surface area contributed by atoms with Gasteiger partial charge in [-0.05, 0) is 44.9 Å². The van der Waals surface area contributed by atoms with Crippen molar-refractivity contribution < 1.29 is 4.79 Å². The molecule has 3 atom stereocenters. The highest BCUT2D eigenvalue weighted by atomic mass is 16.2. The summed E-state index contributed by atoms with van der Waals surface area (Å²) in [7, 11) is 0. The lowest BCUT2D eigenvalue weighted by atomic mass is 9.88. The number of hydrogen-bond donors (Lipinski definition) is 0. The number of likely N-dealkylation sites (N-methyl/N-ethyl adjacent to an activating group) is 1. The minimum Gasteiger partial charge on any atom is -0.339 e. The SMILES string of the molecule is C#CC(C)/C=N\C(=C/CC=C)CCCN(CC)C(=O)C1=CC(C)C(C)C=C1. The summed E-state index contributed by atoms with van der Waals surface area (Å²) in [5.74, 6) is 3.67. The molecule has 1 rings (SSSR count). The third kappa shape index (κ3) is 7.83. The maximum Gasteiger partial charge on any atom is 0.253 e. The molecule has 1 amide bonds. The molecule has 0 N–H and O–H groups in total. The van der Waals surface area contributed by atoms with Crippen LogP contribution in [-0.4, -0.2) is 30.1 Å². The van der Waals surface area contributed by atoms with E-state index in [9.17, 15) is 4.79 Å². The van der Waals surface area contributed by atoms with Crippen molar-refractivity contribution in [1.82, 2.24) is 4.90 Å². The summed E-state index contributed by atoms with van der Waals surface area (Å²) in [4.78, 5) is 19.3. The van der Waals surface area contributed by atoms with Crippen LogP contribution >= 0.6 is 0 Å². The summed E-state index contributed by atoms with van der Waals surface area (Å²) in [6.45, 7) is 13.5. The van der Waals surface area contributed by atoms with Crippen LogP contribution in [0.2, 0.25) is 0 Å². The number of allylic oxidation sites excluding steroid dienone is 5. The minimum absolute atomic E-state index is 0.0141. The van der Waals surface area contributed by atoms with Gasteiger partial charge >= 0.3 is 0 Å². The smallest absolute Gasteiger partial charge is 0.253 e. The Kier molecular flexibility index (Phi) is 10.2. The molecule has 1 aliphatic carbocycles. The van der Waals surface area contributed by atoms with E-state index in [1.165, 1.54) is 0 Å². The Morgan fingerprint density at radius 2 is 2.19 bits per heavy atom. The molecule has 0 aromatic carbocycles. The summed E-state index contributed by atoms with van der Waals surface area (Å²) in [5.41, 5.74) is 1.81. The Hall–Kier alpha value is -2.34. The number of amides is 1. The Balaban J connectivity index is 2.67. The van der Waals surface area contributed by atoms with Crippen LogP contribution in [0.5, 0.6) is 0 Å². The molecule has 3 heteroatoms. The van der Waals surface area contributed by atoms with Crippen molar-refractivity contribution in [3.8, 4) is 12.3 Å². The van der Waals surface area contributed by atoms with Gasteiger partial charge in [-0.15, -0.1) is 13.0 Å². The Labute approximate surface area is 165 Å². The van der Waals surface area contributed by atoms with E-state index in [4.69, 9.17) is 6.42 Å².